The molecule has 3 heterocycles. The van der Waals surface area contributed by atoms with Gasteiger partial charge < -0.3 is 0 Å². The molecule has 6 heteroatoms. The molecule has 0 aliphatic heterocycles. The van der Waals surface area contributed by atoms with Crippen molar-refractivity contribution in [1.29, 1.82) is 0 Å². The Labute approximate surface area is 173 Å². The van der Waals surface area contributed by atoms with Crippen LogP contribution >= 0.6 is 43.5 Å². The van der Waals surface area contributed by atoms with Crippen molar-refractivity contribution in [2.24, 2.45) is 0 Å². The van der Waals surface area contributed by atoms with Crippen LogP contribution in [0.15, 0.2) is 82.4 Å². The first-order chi connectivity index (χ1) is 12.2. The van der Waals surface area contributed by atoms with Crippen molar-refractivity contribution < 1.29 is 0 Å². The molecule has 0 aliphatic carbocycles. The van der Waals surface area contributed by atoms with Crippen LogP contribution in [0.25, 0.3) is 0 Å². The van der Waals surface area contributed by atoms with Crippen molar-refractivity contribution in [3.05, 3.63) is 87.5 Å². The van der Waals surface area contributed by atoms with E-state index in [-0.39, 0.29) is 0 Å². The molecule has 0 aromatic carbocycles. The van der Waals surface area contributed by atoms with Crippen LogP contribution in [-0.4, -0.2) is 15.0 Å². The smallest absolute Gasteiger partial charge is 0.129 e. The van der Waals surface area contributed by atoms with Crippen molar-refractivity contribution in [2.45, 2.75) is 27.7 Å². The molecule has 0 spiro atoms. The highest BCUT2D eigenvalue weighted by Gasteiger charge is 1.77. The van der Waals surface area contributed by atoms with E-state index < -0.39 is 0 Å². The average molecular weight is 490 g/mol. The summed E-state index contributed by atoms with van der Waals surface area (Å²) in [5.41, 5.74) is 0. The van der Waals surface area contributed by atoms with Gasteiger partial charge in [-0.05, 0) is 52.3 Å². The van der Waals surface area contributed by atoms with Crippen molar-refractivity contribution in [3.63, 3.8) is 0 Å². The highest BCUT2D eigenvalue weighted by molar-refractivity contribution is 9.10. The summed E-state index contributed by atoms with van der Waals surface area (Å²) < 4.78 is 2.09. The highest BCUT2D eigenvalue weighted by Crippen LogP contribution is 2.04. The highest BCUT2D eigenvalue weighted by atomic mass is 79.9. The summed E-state index contributed by atoms with van der Waals surface area (Å²) in [5, 5.41) is 0.544. The van der Waals surface area contributed by atoms with Gasteiger partial charge in [-0.1, -0.05) is 61.3 Å². The fourth-order valence-corrected chi connectivity index (χ4v) is 1.65. The fraction of sp³-hybridized carbons (Fsp3) is 0.211. The molecule has 3 aromatic rings. The topological polar surface area (TPSA) is 38.7 Å². The normalized spacial score (nSPS) is 7.80. The van der Waals surface area contributed by atoms with E-state index in [0.717, 1.165) is 8.95 Å². The maximum atomic E-state index is 5.43. The zero-order chi connectivity index (χ0) is 19.3. The van der Waals surface area contributed by atoms with Gasteiger partial charge in [0.05, 0.1) is 0 Å². The SMILES string of the molecule is Brc1cccnc1.Brc1ccncc1.CC.CC.Clc1ccccn1. The molecular formula is C19H24Br2ClN3. The van der Waals surface area contributed by atoms with E-state index in [1.54, 1.807) is 37.1 Å². The number of hydrogen-bond acceptors (Lipinski definition) is 3. The summed E-state index contributed by atoms with van der Waals surface area (Å²) in [6.07, 6.45) is 8.63. The number of aromatic nitrogens is 3. The van der Waals surface area contributed by atoms with Crippen LogP contribution in [0.2, 0.25) is 5.15 Å². The Kier molecular flexibility index (Phi) is 21.5. The Bertz CT molecular complexity index is 508. The van der Waals surface area contributed by atoms with Crippen LogP contribution in [0.1, 0.15) is 27.7 Å². The molecule has 3 aromatic heterocycles. The van der Waals surface area contributed by atoms with Crippen molar-refractivity contribution >= 4 is 43.5 Å². The second-order valence-electron chi connectivity index (χ2n) is 3.49. The summed E-state index contributed by atoms with van der Waals surface area (Å²) in [6, 6.07) is 13.0. The van der Waals surface area contributed by atoms with Crippen molar-refractivity contribution in [1.82, 2.24) is 15.0 Å². The third-order valence-electron chi connectivity index (χ3n) is 1.89. The van der Waals surface area contributed by atoms with E-state index >= 15 is 0 Å². The summed E-state index contributed by atoms with van der Waals surface area (Å²) in [7, 11) is 0. The Morgan fingerprint density at radius 1 is 0.680 bits per heavy atom. The Hall–Kier alpha value is -1.30. The minimum absolute atomic E-state index is 0.544. The summed E-state index contributed by atoms with van der Waals surface area (Å²) in [6.45, 7) is 8.00. The van der Waals surface area contributed by atoms with Gasteiger partial charge >= 0.3 is 0 Å². The first kappa shape index (κ1) is 25.9. The molecule has 0 saturated heterocycles. The van der Waals surface area contributed by atoms with Crippen LogP contribution in [0, 0.1) is 0 Å². The predicted octanol–water partition coefficient (Wildman–Crippen LogP) is 7.48. The fourth-order valence-electron chi connectivity index (χ4n) is 1.02. The van der Waals surface area contributed by atoms with Crippen LogP contribution in [-0.2, 0) is 0 Å². The molecule has 3 nitrogen and oxygen atoms in total. The lowest BCUT2D eigenvalue weighted by molar-refractivity contribution is 1.31. The molecule has 0 bridgehead atoms. The number of rotatable bonds is 0. The van der Waals surface area contributed by atoms with Gasteiger partial charge in [0.25, 0.3) is 0 Å². The lowest BCUT2D eigenvalue weighted by Gasteiger charge is -1.80. The van der Waals surface area contributed by atoms with Gasteiger partial charge in [-0.2, -0.15) is 0 Å². The number of hydrogen-bond donors (Lipinski definition) is 0. The Morgan fingerprint density at radius 2 is 1.32 bits per heavy atom. The van der Waals surface area contributed by atoms with Crippen molar-refractivity contribution in [2.75, 3.05) is 0 Å². The molecule has 0 atom stereocenters. The van der Waals surface area contributed by atoms with E-state index in [2.05, 4.69) is 46.8 Å². The number of nitrogens with zero attached hydrogens (tertiary/aromatic N) is 3. The van der Waals surface area contributed by atoms with E-state index in [0.29, 0.717) is 5.15 Å². The number of halogens is 3. The number of pyridine rings is 3. The molecular weight excluding hydrogens is 465 g/mol. The van der Waals surface area contributed by atoms with Gasteiger partial charge in [0, 0.05) is 39.9 Å². The molecule has 0 N–H and O–H groups in total. The molecule has 0 amide bonds. The quantitative estimate of drug-likeness (QED) is 0.307. The monoisotopic (exact) mass is 487 g/mol. The van der Waals surface area contributed by atoms with E-state index in [4.69, 9.17) is 11.6 Å². The van der Waals surface area contributed by atoms with Gasteiger partial charge in [-0.25, -0.2) is 4.98 Å². The lowest BCUT2D eigenvalue weighted by atomic mass is 10.5. The summed E-state index contributed by atoms with van der Waals surface area (Å²) in [4.78, 5) is 11.4. The van der Waals surface area contributed by atoms with Gasteiger partial charge in [-0.15, -0.1) is 0 Å². The van der Waals surface area contributed by atoms with Crippen LogP contribution < -0.4 is 0 Å². The summed E-state index contributed by atoms with van der Waals surface area (Å²) in [5.74, 6) is 0. The standard InChI is InChI=1S/2C5H4BrN.C5H4ClN.2C2H6/c6-5-1-3-7-4-2-5;6-5-2-1-3-7-4-5;6-5-3-1-2-4-7-5;2*1-2/h3*1-4H;2*1-2H3. The first-order valence-corrected chi connectivity index (χ1v) is 9.82. The molecule has 3 rings (SSSR count). The van der Waals surface area contributed by atoms with Gasteiger partial charge in [0.1, 0.15) is 5.15 Å². The van der Waals surface area contributed by atoms with Crippen LogP contribution in [0.4, 0.5) is 0 Å². The first-order valence-electron chi connectivity index (χ1n) is 7.86. The minimum Gasteiger partial charge on any atom is -0.265 e. The Balaban J connectivity index is 0. The van der Waals surface area contributed by atoms with E-state index in [9.17, 15) is 0 Å². The molecule has 25 heavy (non-hydrogen) atoms. The Morgan fingerprint density at radius 3 is 1.56 bits per heavy atom. The summed E-state index contributed by atoms with van der Waals surface area (Å²) >= 11 is 11.9. The van der Waals surface area contributed by atoms with Gasteiger partial charge in [-0.3, -0.25) is 9.97 Å². The zero-order valence-corrected chi connectivity index (χ0v) is 18.8. The molecule has 0 aliphatic rings. The van der Waals surface area contributed by atoms with Crippen LogP contribution in [0.5, 0.6) is 0 Å². The molecule has 0 fully saturated rings. The maximum Gasteiger partial charge on any atom is 0.129 e. The predicted molar refractivity (Wildman–Crippen MR) is 116 cm³/mol. The van der Waals surface area contributed by atoms with E-state index in [1.807, 2.05) is 64.1 Å². The van der Waals surface area contributed by atoms with Crippen LogP contribution in [0.3, 0.4) is 0 Å². The lowest BCUT2D eigenvalue weighted by Crippen LogP contribution is -1.65. The minimum atomic E-state index is 0.544. The second kappa shape index (κ2) is 20.7. The molecule has 0 unspecified atom stereocenters. The maximum absolute atomic E-state index is 5.43. The average Bonchev–Trinajstić information content (AvgIpc) is 2.68. The molecule has 136 valence electrons. The molecule has 0 saturated carbocycles. The van der Waals surface area contributed by atoms with Gasteiger partial charge in [0.15, 0.2) is 0 Å². The zero-order valence-electron chi connectivity index (χ0n) is 14.9. The van der Waals surface area contributed by atoms with E-state index in [1.165, 1.54) is 0 Å². The third-order valence-corrected chi connectivity index (χ3v) is 3.12. The molecule has 0 radical (unpaired) electrons. The largest absolute Gasteiger partial charge is 0.265 e. The van der Waals surface area contributed by atoms with Gasteiger partial charge in [0.2, 0.25) is 0 Å². The van der Waals surface area contributed by atoms with Crippen molar-refractivity contribution in [3.8, 4) is 0 Å². The third kappa shape index (κ3) is 18.9. The second-order valence-corrected chi connectivity index (χ2v) is 5.71.